The number of carboxylic acids is 1. The average Bonchev–Trinajstić information content (AvgIpc) is 2.09. The van der Waals surface area contributed by atoms with E-state index in [1.54, 1.807) is 6.07 Å². The fraction of sp³-hybridized carbons (Fsp3) is 0.167. The van der Waals surface area contributed by atoms with Crippen LogP contribution in [0.5, 0.6) is 0 Å². The zero-order valence-corrected chi connectivity index (χ0v) is 7.63. The van der Waals surface area contributed by atoms with Crippen LogP contribution in [0, 0.1) is 0 Å². The number of halogens is 2. The van der Waals surface area contributed by atoms with Crippen molar-refractivity contribution in [1.82, 2.24) is 0 Å². The summed E-state index contributed by atoms with van der Waals surface area (Å²) in [7, 11) is 0. The number of aliphatic carboxylic acids is 1. The molecule has 0 amide bonds. The summed E-state index contributed by atoms with van der Waals surface area (Å²) >= 11 is 12.4. The minimum absolute atomic E-state index is 0.0674. The van der Waals surface area contributed by atoms with Gasteiger partial charge in [-0.3, -0.25) is 4.79 Å². The van der Waals surface area contributed by atoms with Crippen molar-refractivity contribution in [2.75, 3.05) is 0 Å². The highest BCUT2D eigenvalue weighted by Gasteiger charge is 2.08. The van der Waals surface area contributed by atoms with Gasteiger partial charge < -0.3 is 5.11 Å². The Morgan fingerprint density at radius 1 is 1.64 bits per heavy atom. The minimum atomic E-state index is -0.902. The van der Waals surface area contributed by atoms with E-state index in [1.807, 2.05) is 0 Å². The second-order valence-electron chi connectivity index (χ2n) is 1.92. The molecule has 1 heterocycles. The molecule has 11 heavy (non-hydrogen) atoms. The Morgan fingerprint density at radius 2 is 2.27 bits per heavy atom. The van der Waals surface area contributed by atoms with Crippen molar-refractivity contribution in [3.05, 3.63) is 20.3 Å². The van der Waals surface area contributed by atoms with Gasteiger partial charge in [-0.2, -0.15) is 0 Å². The van der Waals surface area contributed by atoms with E-state index in [1.165, 1.54) is 11.3 Å². The quantitative estimate of drug-likeness (QED) is 0.816. The molecule has 0 atom stereocenters. The number of thiophene rings is 1. The highest BCUT2D eigenvalue weighted by atomic mass is 35.5. The van der Waals surface area contributed by atoms with Gasteiger partial charge in [0.2, 0.25) is 0 Å². The maximum Gasteiger partial charge on any atom is 0.307 e. The van der Waals surface area contributed by atoms with Gasteiger partial charge in [-0.15, -0.1) is 11.3 Å². The molecule has 1 aromatic rings. The van der Waals surface area contributed by atoms with Gasteiger partial charge in [0.25, 0.3) is 0 Å². The maximum atomic E-state index is 10.2. The molecule has 2 nitrogen and oxygen atoms in total. The summed E-state index contributed by atoms with van der Waals surface area (Å²) in [6.07, 6.45) is -0.0674. The lowest BCUT2D eigenvalue weighted by Crippen LogP contribution is -1.98. The van der Waals surface area contributed by atoms with Crippen molar-refractivity contribution in [3.8, 4) is 0 Å². The normalized spacial score (nSPS) is 10.0. The molecule has 1 rings (SSSR count). The van der Waals surface area contributed by atoms with Crippen LogP contribution in [-0.4, -0.2) is 11.1 Å². The second kappa shape index (κ2) is 3.43. The fourth-order valence-corrected chi connectivity index (χ4v) is 2.14. The van der Waals surface area contributed by atoms with Crippen molar-refractivity contribution in [2.45, 2.75) is 6.42 Å². The van der Waals surface area contributed by atoms with Gasteiger partial charge in [-0.05, 0) is 11.6 Å². The largest absolute Gasteiger partial charge is 0.481 e. The molecule has 0 radical (unpaired) electrons. The van der Waals surface area contributed by atoms with Crippen LogP contribution < -0.4 is 0 Å². The summed E-state index contributed by atoms with van der Waals surface area (Å²) < 4.78 is 0.976. The lowest BCUT2D eigenvalue weighted by atomic mass is 10.2. The molecular formula is C6H4Cl2O2S. The third-order valence-electron chi connectivity index (χ3n) is 1.07. The number of carbonyl (C=O) groups is 1. The molecule has 0 spiro atoms. The molecular weight excluding hydrogens is 207 g/mol. The summed E-state index contributed by atoms with van der Waals surface area (Å²) in [5.74, 6) is -0.902. The molecule has 0 aliphatic carbocycles. The molecule has 0 saturated heterocycles. The Kier molecular flexibility index (Phi) is 2.76. The van der Waals surface area contributed by atoms with Crippen molar-refractivity contribution >= 4 is 40.5 Å². The minimum Gasteiger partial charge on any atom is -0.481 e. The topological polar surface area (TPSA) is 37.3 Å². The highest BCUT2D eigenvalue weighted by Crippen LogP contribution is 2.31. The molecule has 1 aromatic heterocycles. The van der Waals surface area contributed by atoms with Crippen LogP contribution in [0.2, 0.25) is 8.67 Å². The second-order valence-corrected chi connectivity index (χ2v) is 4.21. The third-order valence-corrected chi connectivity index (χ3v) is 2.64. The standard InChI is InChI=1S/C6H4Cl2O2S/c7-4-1-3(2-5(9)10)6(8)11-4/h1H,2H2,(H,9,10). The summed E-state index contributed by atoms with van der Waals surface area (Å²) in [6, 6.07) is 1.57. The first-order valence-electron chi connectivity index (χ1n) is 2.75. The Bertz CT molecular complexity index is 282. The Labute approximate surface area is 77.4 Å². The van der Waals surface area contributed by atoms with E-state index in [0.29, 0.717) is 14.2 Å². The van der Waals surface area contributed by atoms with Gasteiger partial charge in [0.05, 0.1) is 15.1 Å². The zero-order valence-electron chi connectivity index (χ0n) is 5.30. The van der Waals surface area contributed by atoms with E-state index >= 15 is 0 Å². The van der Waals surface area contributed by atoms with Crippen LogP contribution in [0.15, 0.2) is 6.07 Å². The SMILES string of the molecule is O=C(O)Cc1cc(Cl)sc1Cl. The van der Waals surface area contributed by atoms with Gasteiger partial charge in [0, 0.05) is 0 Å². The molecule has 5 heteroatoms. The summed E-state index contributed by atoms with van der Waals surface area (Å²) in [6.45, 7) is 0. The summed E-state index contributed by atoms with van der Waals surface area (Å²) in [5, 5.41) is 8.40. The van der Waals surface area contributed by atoms with Crippen molar-refractivity contribution in [1.29, 1.82) is 0 Å². The Morgan fingerprint density at radius 3 is 2.64 bits per heavy atom. The third kappa shape index (κ3) is 2.36. The number of hydrogen-bond acceptors (Lipinski definition) is 2. The molecule has 0 aliphatic heterocycles. The Balaban J connectivity index is 2.85. The van der Waals surface area contributed by atoms with Gasteiger partial charge in [0.1, 0.15) is 0 Å². The van der Waals surface area contributed by atoms with Crippen molar-refractivity contribution in [2.24, 2.45) is 0 Å². The molecule has 0 aliphatic rings. The van der Waals surface area contributed by atoms with Gasteiger partial charge in [0.15, 0.2) is 0 Å². The summed E-state index contributed by atoms with van der Waals surface area (Å²) in [5.41, 5.74) is 0.578. The first-order chi connectivity index (χ1) is 5.09. The first-order valence-corrected chi connectivity index (χ1v) is 4.32. The molecule has 1 N–H and O–H groups in total. The van der Waals surface area contributed by atoms with Crippen LogP contribution in [0.1, 0.15) is 5.56 Å². The smallest absolute Gasteiger partial charge is 0.307 e. The lowest BCUT2D eigenvalue weighted by molar-refractivity contribution is -0.136. The number of hydrogen-bond donors (Lipinski definition) is 1. The van der Waals surface area contributed by atoms with E-state index in [2.05, 4.69) is 0 Å². The van der Waals surface area contributed by atoms with E-state index in [4.69, 9.17) is 28.3 Å². The van der Waals surface area contributed by atoms with Gasteiger partial charge in [-0.25, -0.2) is 0 Å². The predicted octanol–water partition coefficient (Wildman–Crippen LogP) is 2.68. The van der Waals surface area contributed by atoms with Crippen LogP contribution in [-0.2, 0) is 11.2 Å². The molecule has 0 aromatic carbocycles. The van der Waals surface area contributed by atoms with Crippen LogP contribution in [0.25, 0.3) is 0 Å². The van der Waals surface area contributed by atoms with Crippen LogP contribution in [0.3, 0.4) is 0 Å². The molecule has 60 valence electrons. The highest BCUT2D eigenvalue weighted by molar-refractivity contribution is 7.20. The first kappa shape index (κ1) is 8.84. The van der Waals surface area contributed by atoms with Crippen molar-refractivity contribution in [3.63, 3.8) is 0 Å². The monoisotopic (exact) mass is 210 g/mol. The van der Waals surface area contributed by atoms with E-state index in [-0.39, 0.29) is 6.42 Å². The van der Waals surface area contributed by atoms with Crippen LogP contribution in [0.4, 0.5) is 0 Å². The molecule has 0 bridgehead atoms. The Hall–Kier alpha value is -0.250. The van der Waals surface area contributed by atoms with E-state index in [9.17, 15) is 4.79 Å². The van der Waals surface area contributed by atoms with Gasteiger partial charge in [-0.1, -0.05) is 23.2 Å². The predicted molar refractivity (Wildman–Crippen MR) is 45.7 cm³/mol. The molecule has 0 fully saturated rings. The summed E-state index contributed by atoms with van der Waals surface area (Å²) in [4.78, 5) is 10.2. The maximum absolute atomic E-state index is 10.2. The van der Waals surface area contributed by atoms with E-state index in [0.717, 1.165) is 0 Å². The lowest BCUT2D eigenvalue weighted by Gasteiger charge is -1.89. The van der Waals surface area contributed by atoms with Crippen LogP contribution >= 0.6 is 34.5 Å². The number of rotatable bonds is 2. The van der Waals surface area contributed by atoms with E-state index < -0.39 is 5.97 Å². The van der Waals surface area contributed by atoms with Gasteiger partial charge >= 0.3 is 5.97 Å². The van der Waals surface area contributed by atoms with Crippen molar-refractivity contribution < 1.29 is 9.90 Å². The molecule has 0 unspecified atom stereocenters. The number of carboxylic acid groups (broad SMARTS) is 1. The molecule has 0 saturated carbocycles. The average molecular weight is 211 g/mol. The zero-order chi connectivity index (χ0) is 8.43. The fourth-order valence-electron chi connectivity index (χ4n) is 0.658.